The Labute approximate surface area is 399 Å². The molecule has 0 spiro atoms. The van der Waals surface area contributed by atoms with E-state index >= 15 is 0 Å². The van der Waals surface area contributed by atoms with Crippen molar-refractivity contribution in [2.75, 3.05) is 4.90 Å². The molecule has 1 aliphatic rings. The molecule has 1 nitrogen and oxygen atoms in total. The molecule has 0 unspecified atom stereocenters. The lowest BCUT2D eigenvalue weighted by Gasteiger charge is -2.34. The smallest absolute Gasteiger partial charge is 0.0540 e. The molecule has 0 N–H and O–H groups in total. The fraction of sp³-hybridized carbons (Fsp3) is 0.354. The van der Waals surface area contributed by atoms with Gasteiger partial charge in [0.1, 0.15) is 0 Å². The Balaban J connectivity index is 1.49. The molecule has 0 amide bonds. The van der Waals surface area contributed by atoms with E-state index < -0.39 is 0 Å². The third-order valence-corrected chi connectivity index (χ3v) is 14.3. The standard InChI is InChI=1S/C65H75N/c1-15-32-65(33-16-2)58-28-22-20-27-56(58)57-31-30-53(43-59(57)65)66(60-29-23-21-26-55(60)44-24-18-17-19-25-44)54-39-45(47-35-49(61(3,4)5)41-50(36-47)62(6,7)8)34-46(40-54)48-37-51(63(9,10)11)42-52(38-48)64(12,13)14/h17-31,34-43H,15-16,32-33H2,1-14H3. The Morgan fingerprint density at radius 1 is 0.348 bits per heavy atom. The lowest BCUT2D eigenvalue weighted by Crippen LogP contribution is -2.25. The molecular formula is C65H75N. The second kappa shape index (κ2) is 17.5. The van der Waals surface area contributed by atoms with Crippen LogP contribution >= 0.6 is 0 Å². The number of fused-ring (bicyclic) bond motifs is 3. The quantitative estimate of drug-likeness (QED) is 0.132. The van der Waals surface area contributed by atoms with Crippen LogP contribution in [0.25, 0.3) is 44.5 Å². The van der Waals surface area contributed by atoms with Crippen molar-refractivity contribution in [3.8, 4) is 44.5 Å². The van der Waals surface area contributed by atoms with E-state index in [9.17, 15) is 0 Å². The molecule has 66 heavy (non-hydrogen) atoms. The molecule has 1 heteroatoms. The van der Waals surface area contributed by atoms with Gasteiger partial charge >= 0.3 is 0 Å². The van der Waals surface area contributed by atoms with Crippen molar-refractivity contribution in [3.63, 3.8) is 0 Å². The van der Waals surface area contributed by atoms with Gasteiger partial charge in [-0.3, -0.25) is 0 Å². The Kier molecular flexibility index (Phi) is 12.4. The van der Waals surface area contributed by atoms with Gasteiger partial charge in [0.25, 0.3) is 0 Å². The van der Waals surface area contributed by atoms with E-state index in [4.69, 9.17) is 0 Å². The van der Waals surface area contributed by atoms with E-state index in [0.29, 0.717) is 0 Å². The SMILES string of the molecule is CCCC1(CCC)c2ccccc2-c2ccc(N(c3cc(-c4cc(C(C)(C)C)cc(C(C)(C)C)c4)cc(-c4cc(C(C)(C)C)cc(C(C)(C)C)c4)c3)c3ccccc3-c3ccccc3)cc21. The molecule has 0 fully saturated rings. The topological polar surface area (TPSA) is 3.24 Å². The molecule has 7 aromatic carbocycles. The van der Waals surface area contributed by atoms with Crippen LogP contribution in [0.3, 0.4) is 0 Å². The van der Waals surface area contributed by atoms with E-state index in [2.05, 4.69) is 253 Å². The molecule has 0 bridgehead atoms. The maximum absolute atomic E-state index is 2.58. The summed E-state index contributed by atoms with van der Waals surface area (Å²) in [7, 11) is 0. The average molecular weight is 870 g/mol. The van der Waals surface area contributed by atoms with E-state index in [0.717, 1.165) is 37.1 Å². The fourth-order valence-electron chi connectivity index (χ4n) is 10.5. The molecule has 0 saturated carbocycles. The van der Waals surface area contributed by atoms with Crippen molar-refractivity contribution < 1.29 is 0 Å². The maximum Gasteiger partial charge on any atom is 0.0540 e. The van der Waals surface area contributed by atoms with Crippen LogP contribution in [0.5, 0.6) is 0 Å². The first-order valence-electron chi connectivity index (χ1n) is 24.8. The molecule has 340 valence electrons. The average Bonchev–Trinajstić information content (AvgIpc) is 3.54. The third kappa shape index (κ3) is 9.08. The number of hydrogen-bond donors (Lipinski definition) is 0. The number of nitrogens with zero attached hydrogens (tertiary/aromatic N) is 1. The first-order chi connectivity index (χ1) is 31.1. The molecule has 0 aliphatic heterocycles. The highest BCUT2D eigenvalue weighted by molar-refractivity contribution is 5.93. The summed E-state index contributed by atoms with van der Waals surface area (Å²) in [6, 6.07) is 58.8. The Bertz CT molecular complexity index is 2700. The van der Waals surface area contributed by atoms with Gasteiger partial charge in [-0.05, 0) is 143 Å². The minimum atomic E-state index is -0.0451. The largest absolute Gasteiger partial charge is 0.310 e. The summed E-state index contributed by atoms with van der Waals surface area (Å²) in [6.07, 6.45) is 4.49. The number of anilines is 3. The van der Waals surface area contributed by atoms with Crippen LogP contribution in [-0.2, 0) is 27.1 Å². The molecule has 0 saturated heterocycles. The van der Waals surface area contributed by atoms with Gasteiger partial charge in [0.15, 0.2) is 0 Å². The summed E-state index contributed by atoms with van der Waals surface area (Å²) >= 11 is 0. The van der Waals surface area contributed by atoms with Crippen molar-refractivity contribution in [2.45, 2.75) is 150 Å². The van der Waals surface area contributed by atoms with Crippen molar-refractivity contribution in [2.24, 2.45) is 0 Å². The normalized spacial score (nSPS) is 13.7. The molecule has 0 radical (unpaired) electrons. The number of hydrogen-bond acceptors (Lipinski definition) is 1. The number of benzene rings is 7. The first-order valence-corrected chi connectivity index (χ1v) is 24.8. The van der Waals surface area contributed by atoms with Crippen LogP contribution in [-0.4, -0.2) is 0 Å². The highest BCUT2D eigenvalue weighted by Crippen LogP contribution is 2.56. The van der Waals surface area contributed by atoms with E-state index in [1.165, 1.54) is 83.6 Å². The summed E-state index contributed by atoms with van der Waals surface area (Å²) in [4.78, 5) is 2.58. The van der Waals surface area contributed by atoms with Crippen molar-refractivity contribution in [3.05, 3.63) is 185 Å². The minimum absolute atomic E-state index is 0.0226. The van der Waals surface area contributed by atoms with Gasteiger partial charge in [-0.2, -0.15) is 0 Å². The van der Waals surface area contributed by atoms with E-state index in [-0.39, 0.29) is 27.1 Å². The van der Waals surface area contributed by atoms with E-state index in [1.807, 2.05) is 0 Å². The zero-order chi connectivity index (χ0) is 47.4. The van der Waals surface area contributed by atoms with Gasteiger partial charge in [-0.15, -0.1) is 0 Å². The summed E-state index contributed by atoms with van der Waals surface area (Å²) in [5.74, 6) is 0. The van der Waals surface area contributed by atoms with Crippen molar-refractivity contribution in [1.29, 1.82) is 0 Å². The van der Waals surface area contributed by atoms with Gasteiger partial charge in [0, 0.05) is 22.4 Å². The monoisotopic (exact) mass is 870 g/mol. The zero-order valence-electron chi connectivity index (χ0n) is 42.7. The van der Waals surface area contributed by atoms with Gasteiger partial charge in [0.05, 0.1) is 5.69 Å². The predicted molar refractivity (Wildman–Crippen MR) is 288 cm³/mol. The molecule has 0 aromatic heterocycles. The van der Waals surface area contributed by atoms with Crippen molar-refractivity contribution in [1.82, 2.24) is 0 Å². The Morgan fingerprint density at radius 3 is 1.26 bits per heavy atom. The van der Waals surface area contributed by atoms with E-state index in [1.54, 1.807) is 0 Å². The highest BCUT2D eigenvalue weighted by Gasteiger charge is 2.42. The van der Waals surface area contributed by atoms with Gasteiger partial charge < -0.3 is 4.90 Å². The second-order valence-corrected chi connectivity index (χ2v) is 23.4. The van der Waals surface area contributed by atoms with Crippen LogP contribution in [0, 0.1) is 0 Å². The third-order valence-electron chi connectivity index (χ3n) is 14.3. The van der Waals surface area contributed by atoms with Gasteiger partial charge in [-0.25, -0.2) is 0 Å². The number of para-hydroxylation sites is 1. The lowest BCUT2D eigenvalue weighted by molar-refractivity contribution is 0.436. The molecular weight excluding hydrogens is 795 g/mol. The summed E-state index contributed by atoms with van der Waals surface area (Å²) in [5.41, 5.74) is 21.9. The fourth-order valence-corrected chi connectivity index (χ4v) is 10.5. The van der Waals surface area contributed by atoms with Crippen molar-refractivity contribution >= 4 is 17.1 Å². The highest BCUT2D eigenvalue weighted by atomic mass is 15.1. The van der Waals surface area contributed by atoms with Crippen LogP contribution < -0.4 is 4.90 Å². The van der Waals surface area contributed by atoms with Crippen LogP contribution in [0.15, 0.2) is 152 Å². The molecule has 1 aliphatic carbocycles. The summed E-state index contributed by atoms with van der Waals surface area (Å²) in [6.45, 7) is 32.9. The Hall–Kier alpha value is -5.66. The molecule has 8 rings (SSSR count). The predicted octanol–water partition coefficient (Wildman–Crippen LogP) is 19.2. The molecule has 0 atom stereocenters. The summed E-state index contributed by atoms with van der Waals surface area (Å²) in [5, 5.41) is 0. The first kappa shape index (κ1) is 46.9. The molecule has 7 aromatic rings. The summed E-state index contributed by atoms with van der Waals surface area (Å²) < 4.78 is 0. The Morgan fingerprint density at radius 2 is 0.773 bits per heavy atom. The minimum Gasteiger partial charge on any atom is -0.310 e. The lowest BCUT2D eigenvalue weighted by atomic mass is 9.71. The van der Waals surface area contributed by atoms with Crippen LogP contribution in [0.1, 0.15) is 156 Å². The van der Waals surface area contributed by atoms with Crippen LogP contribution in [0.4, 0.5) is 17.1 Å². The second-order valence-electron chi connectivity index (χ2n) is 23.4. The van der Waals surface area contributed by atoms with Crippen LogP contribution in [0.2, 0.25) is 0 Å². The van der Waals surface area contributed by atoms with Gasteiger partial charge in [0.2, 0.25) is 0 Å². The zero-order valence-corrected chi connectivity index (χ0v) is 42.7. The van der Waals surface area contributed by atoms with Gasteiger partial charge in [-0.1, -0.05) is 225 Å². The molecule has 0 heterocycles. The maximum atomic E-state index is 2.58. The number of rotatable bonds is 10.